The van der Waals surface area contributed by atoms with E-state index < -0.39 is 0 Å². The highest BCUT2D eigenvalue weighted by atomic mass is 16.5. The number of aromatic nitrogens is 2. The lowest BCUT2D eigenvalue weighted by atomic mass is 10.2. The second-order valence-corrected chi connectivity index (χ2v) is 7.63. The van der Waals surface area contributed by atoms with E-state index in [-0.39, 0.29) is 17.9 Å². The molecule has 1 fully saturated rings. The summed E-state index contributed by atoms with van der Waals surface area (Å²) in [6.45, 7) is 1.75. The van der Waals surface area contributed by atoms with Crippen LogP contribution in [0.25, 0.3) is 5.65 Å². The van der Waals surface area contributed by atoms with Gasteiger partial charge in [0.15, 0.2) is 5.69 Å². The molecule has 0 spiro atoms. The molecule has 0 bridgehead atoms. The summed E-state index contributed by atoms with van der Waals surface area (Å²) in [5.74, 6) is -0.359. The van der Waals surface area contributed by atoms with Gasteiger partial charge in [0.25, 0.3) is 5.91 Å². The molecule has 7 nitrogen and oxygen atoms in total. The Labute approximate surface area is 175 Å². The van der Waals surface area contributed by atoms with Crippen molar-refractivity contribution in [3.05, 3.63) is 71.7 Å². The van der Waals surface area contributed by atoms with Crippen molar-refractivity contribution in [1.29, 1.82) is 0 Å². The summed E-state index contributed by atoms with van der Waals surface area (Å²) in [5, 5.41) is 0. The van der Waals surface area contributed by atoms with E-state index in [9.17, 15) is 9.59 Å². The molecule has 7 heteroatoms. The number of hydrogen-bond acceptors (Lipinski definition) is 5. The van der Waals surface area contributed by atoms with E-state index in [2.05, 4.69) is 9.88 Å². The summed E-state index contributed by atoms with van der Waals surface area (Å²) in [6.07, 6.45) is 3.60. The molecule has 2 aromatic heterocycles. The van der Waals surface area contributed by atoms with Crippen LogP contribution in [0.5, 0.6) is 0 Å². The highest BCUT2D eigenvalue weighted by molar-refractivity contribution is 5.94. The molecule has 0 saturated carbocycles. The largest absolute Gasteiger partial charge is 0.468 e. The molecule has 1 amide bonds. The summed E-state index contributed by atoms with van der Waals surface area (Å²) in [5.41, 5.74) is 3.00. The van der Waals surface area contributed by atoms with E-state index in [1.54, 1.807) is 11.9 Å². The molecule has 3 heterocycles. The van der Waals surface area contributed by atoms with Crippen molar-refractivity contribution >= 4 is 17.5 Å². The van der Waals surface area contributed by atoms with Gasteiger partial charge >= 0.3 is 5.97 Å². The number of hydrogen-bond donors (Lipinski definition) is 0. The standard InChI is InChI=1S/C23H26N4O3/c1-25(15-17-9-4-3-5-10-17)22(28)21-19(27-14-7-6-12-20(27)24-21)16-26-13-8-11-18(26)23(29)30-2/h3-7,9-10,12,14,18H,8,11,13,15-16H2,1-2H3/t18-/m0/s1. The van der Waals surface area contributed by atoms with Gasteiger partial charge < -0.3 is 14.0 Å². The van der Waals surface area contributed by atoms with Gasteiger partial charge in [-0.05, 0) is 37.1 Å². The monoisotopic (exact) mass is 406 g/mol. The fourth-order valence-electron chi connectivity index (χ4n) is 4.09. The molecular weight excluding hydrogens is 380 g/mol. The van der Waals surface area contributed by atoms with Crippen molar-refractivity contribution in [2.75, 3.05) is 20.7 Å². The molecule has 1 aliphatic heterocycles. The molecular formula is C23H26N4O3. The van der Waals surface area contributed by atoms with Crippen LogP contribution in [0.2, 0.25) is 0 Å². The summed E-state index contributed by atoms with van der Waals surface area (Å²) >= 11 is 0. The molecule has 156 valence electrons. The molecule has 1 aliphatic rings. The van der Waals surface area contributed by atoms with Crippen molar-refractivity contribution in [2.45, 2.75) is 32.0 Å². The number of carbonyl (C=O) groups is 2. The van der Waals surface area contributed by atoms with Crippen LogP contribution in [0.3, 0.4) is 0 Å². The van der Waals surface area contributed by atoms with Crippen LogP contribution in [0, 0.1) is 0 Å². The maximum absolute atomic E-state index is 13.3. The number of imidazole rings is 1. The Balaban J connectivity index is 1.65. The second kappa shape index (κ2) is 8.67. The lowest BCUT2D eigenvalue weighted by Gasteiger charge is -2.23. The topological polar surface area (TPSA) is 67.2 Å². The van der Waals surface area contributed by atoms with Gasteiger partial charge in [-0.2, -0.15) is 0 Å². The number of rotatable bonds is 6. The Bertz CT molecular complexity index is 1050. The Kier molecular flexibility index (Phi) is 5.81. The fraction of sp³-hybridized carbons (Fsp3) is 0.348. The van der Waals surface area contributed by atoms with E-state index >= 15 is 0 Å². The maximum Gasteiger partial charge on any atom is 0.323 e. The van der Waals surface area contributed by atoms with Crippen LogP contribution in [-0.4, -0.2) is 57.8 Å². The maximum atomic E-state index is 13.3. The van der Waals surface area contributed by atoms with E-state index in [0.29, 0.717) is 18.8 Å². The molecule has 3 aromatic rings. The predicted octanol–water partition coefficient (Wildman–Crippen LogP) is 2.74. The minimum absolute atomic E-state index is 0.133. The number of methoxy groups -OCH3 is 1. The molecule has 0 radical (unpaired) electrons. The molecule has 0 unspecified atom stereocenters. The van der Waals surface area contributed by atoms with Crippen LogP contribution in [0.15, 0.2) is 54.7 Å². The van der Waals surface area contributed by atoms with Crippen LogP contribution in [0.1, 0.15) is 34.6 Å². The first kappa shape index (κ1) is 20.1. The number of nitrogens with zero attached hydrogens (tertiary/aromatic N) is 4. The molecule has 0 N–H and O–H groups in total. The molecule has 0 aliphatic carbocycles. The lowest BCUT2D eigenvalue weighted by Crippen LogP contribution is -2.37. The van der Waals surface area contributed by atoms with Gasteiger partial charge in [0.05, 0.1) is 12.8 Å². The van der Waals surface area contributed by atoms with Gasteiger partial charge in [-0.25, -0.2) is 4.98 Å². The first-order valence-electron chi connectivity index (χ1n) is 10.2. The SMILES string of the molecule is COC(=O)[C@@H]1CCCN1Cc1c(C(=O)N(C)Cc2ccccc2)nc2ccccn12. The van der Waals surface area contributed by atoms with Crippen LogP contribution in [0.4, 0.5) is 0 Å². The van der Waals surface area contributed by atoms with E-state index in [0.717, 1.165) is 36.3 Å². The third kappa shape index (κ3) is 3.93. The number of benzene rings is 1. The molecule has 4 rings (SSSR count). The molecule has 1 aromatic carbocycles. The Morgan fingerprint density at radius 1 is 1.17 bits per heavy atom. The molecule has 30 heavy (non-hydrogen) atoms. The molecule has 1 saturated heterocycles. The normalized spacial score (nSPS) is 16.7. The summed E-state index contributed by atoms with van der Waals surface area (Å²) in [6, 6.07) is 15.3. The van der Waals surface area contributed by atoms with E-state index in [1.807, 2.05) is 59.1 Å². The fourth-order valence-corrected chi connectivity index (χ4v) is 4.09. The van der Waals surface area contributed by atoms with Crippen molar-refractivity contribution in [1.82, 2.24) is 19.2 Å². The Morgan fingerprint density at radius 3 is 2.70 bits per heavy atom. The van der Waals surface area contributed by atoms with Gasteiger partial charge in [0.2, 0.25) is 0 Å². The number of likely N-dealkylation sites (tertiary alicyclic amines) is 1. The number of carbonyl (C=O) groups excluding carboxylic acids is 2. The lowest BCUT2D eigenvalue weighted by molar-refractivity contribution is -0.146. The van der Waals surface area contributed by atoms with Gasteiger partial charge in [-0.3, -0.25) is 14.5 Å². The number of ether oxygens (including phenoxy) is 1. The Hall–Kier alpha value is -3.19. The average molecular weight is 406 g/mol. The quantitative estimate of drug-likeness (QED) is 0.589. The Morgan fingerprint density at radius 2 is 1.93 bits per heavy atom. The van der Waals surface area contributed by atoms with Gasteiger partial charge in [-0.1, -0.05) is 36.4 Å². The number of amides is 1. The zero-order valence-electron chi connectivity index (χ0n) is 17.3. The number of fused-ring (bicyclic) bond motifs is 1. The van der Waals surface area contributed by atoms with E-state index in [4.69, 9.17) is 4.74 Å². The van der Waals surface area contributed by atoms with Gasteiger partial charge in [0.1, 0.15) is 11.7 Å². The average Bonchev–Trinajstić information content (AvgIpc) is 3.38. The minimum atomic E-state index is -0.283. The van der Waals surface area contributed by atoms with Gasteiger partial charge in [0, 0.05) is 26.3 Å². The number of pyridine rings is 1. The number of esters is 1. The summed E-state index contributed by atoms with van der Waals surface area (Å²) in [4.78, 5) is 33.9. The predicted molar refractivity (Wildman–Crippen MR) is 113 cm³/mol. The van der Waals surface area contributed by atoms with Crippen molar-refractivity contribution < 1.29 is 14.3 Å². The minimum Gasteiger partial charge on any atom is -0.468 e. The van der Waals surface area contributed by atoms with Crippen molar-refractivity contribution in [2.24, 2.45) is 0 Å². The second-order valence-electron chi connectivity index (χ2n) is 7.63. The van der Waals surface area contributed by atoms with Crippen LogP contribution < -0.4 is 0 Å². The van der Waals surface area contributed by atoms with Crippen LogP contribution in [-0.2, 0) is 22.6 Å². The first-order valence-corrected chi connectivity index (χ1v) is 10.2. The molecule has 1 atom stereocenters. The smallest absolute Gasteiger partial charge is 0.323 e. The first-order chi connectivity index (χ1) is 14.6. The highest BCUT2D eigenvalue weighted by Gasteiger charge is 2.33. The third-order valence-electron chi connectivity index (χ3n) is 5.63. The summed E-state index contributed by atoms with van der Waals surface area (Å²) < 4.78 is 6.92. The van der Waals surface area contributed by atoms with Gasteiger partial charge in [-0.15, -0.1) is 0 Å². The highest BCUT2D eigenvalue weighted by Crippen LogP contribution is 2.24. The van der Waals surface area contributed by atoms with E-state index in [1.165, 1.54) is 7.11 Å². The zero-order valence-corrected chi connectivity index (χ0v) is 17.3. The summed E-state index contributed by atoms with van der Waals surface area (Å²) in [7, 11) is 3.21. The third-order valence-corrected chi connectivity index (χ3v) is 5.63. The van der Waals surface area contributed by atoms with Crippen molar-refractivity contribution in [3.63, 3.8) is 0 Å². The zero-order chi connectivity index (χ0) is 21.1. The van der Waals surface area contributed by atoms with Crippen molar-refractivity contribution in [3.8, 4) is 0 Å². The van der Waals surface area contributed by atoms with Crippen LogP contribution >= 0.6 is 0 Å².